The van der Waals surface area contributed by atoms with Crippen LogP contribution >= 0.6 is 11.3 Å². The molecule has 172 valence electrons. The summed E-state index contributed by atoms with van der Waals surface area (Å²) >= 11 is 0.770. The zero-order chi connectivity index (χ0) is 23.8. The van der Waals surface area contributed by atoms with Crippen LogP contribution < -0.4 is 14.8 Å². The van der Waals surface area contributed by atoms with Gasteiger partial charge in [-0.15, -0.1) is 0 Å². The molecule has 0 aliphatic carbocycles. The minimum Gasteiger partial charge on any atom is -0.483 e. The first kappa shape index (κ1) is 22.7. The molecule has 2 heterocycles. The molecule has 1 N–H and O–H groups in total. The molecule has 0 fully saturated rings. The van der Waals surface area contributed by atoms with Crippen LogP contribution in [0.1, 0.15) is 19.4 Å². The molecular weight excluding hydrogens is 470 g/mol. The van der Waals surface area contributed by atoms with Crippen LogP contribution in [0.25, 0.3) is 0 Å². The maximum absolute atomic E-state index is 12.7. The van der Waals surface area contributed by atoms with Crippen molar-refractivity contribution in [1.29, 1.82) is 0 Å². The van der Waals surface area contributed by atoms with E-state index in [1.165, 1.54) is 0 Å². The fraction of sp³-hybridized carbons (Fsp3) is 0.238. The van der Waals surface area contributed by atoms with E-state index >= 15 is 0 Å². The van der Waals surface area contributed by atoms with Gasteiger partial charge in [0, 0.05) is 24.1 Å². The average molecular weight is 490 g/mol. The van der Waals surface area contributed by atoms with Crippen LogP contribution in [0.2, 0.25) is 0 Å². The minimum atomic E-state index is -3.94. The maximum Gasteiger partial charge on any atom is 0.269 e. The fourth-order valence-electron chi connectivity index (χ4n) is 3.30. The number of hydrogen-bond acceptors (Lipinski definition) is 9. The van der Waals surface area contributed by atoms with E-state index in [2.05, 4.69) is 10.3 Å². The first-order valence-corrected chi connectivity index (χ1v) is 12.0. The lowest BCUT2D eigenvalue weighted by atomic mass is 10.0. The molecule has 10 nitrogen and oxygen atoms in total. The lowest BCUT2D eigenvalue weighted by Gasteiger charge is -2.18. The highest BCUT2D eigenvalue weighted by Gasteiger charge is 2.32. The number of nitro benzene ring substituents is 1. The van der Waals surface area contributed by atoms with E-state index < -0.39 is 20.7 Å². The second-order valence-corrected chi connectivity index (χ2v) is 11.1. The third-order valence-corrected chi connectivity index (χ3v) is 7.91. The van der Waals surface area contributed by atoms with E-state index in [4.69, 9.17) is 9.47 Å². The molecule has 0 radical (unpaired) electrons. The number of fused-ring (bicyclic) bond motifs is 1. The van der Waals surface area contributed by atoms with Crippen molar-refractivity contribution >= 4 is 37.9 Å². The Labute approximate surface area is 193 Å². The van der Waals surface area contributed by atoms with Gasteiger partial charge < -0.3 is 9.47 Å². The van der Waals surface area contributed by atoms with Gasteiger partial charge in [-0.2, -0.15) is 0 Å². The monoisotopic (exact) mass is 489 g/mol. The summed E-state index contributed by atoms with van der Waals surface area (Å²) in [6, 6.07) is 10.0. The average Bonchev–Trinajstić information content (AvgIpc) is 3.35. The summed E-state index contributed by atoms with van der Waals surface area (Å²) in [6.45, 7) is 3.62. The van der Waals surface area contributed by atoms with Gasteiger partial charge in [-0.25, -0.2) is 13.4 Å². The number of benzene rings is 2. The molecule has 1 aliphatic heterocycles. The van der Waals surface area contributed by atoms with Gasteiger partial charge in [-0.3, -0.25) is 20.2 Å². The Morgan fingerprint density at radius 2 is 2.00 bits per heavy atom. The SMILES string of the molecule is CC1(C)Cc2cccc(OCC(=O)Nc3ncc(S(=O)(=O)c4ccc([N+](=O)[O-])cc4)s3)c2O1. The first-order valence-electron chi connectivity index (χ1n) is 9.74. The molecule has 0 saturated carbocycles. The standard InChI is InChI=1S/C21H19N3O7S2/c1-21(2)10-13-4-3-5-16(19(13)31-21)30-12-17(25)23-20-22-11-18(32-20)33(28,29)15-8-6-14(7-9-15)24(26)27/h3-9,11H,10,12H2,1-2H3,(H,22,23,25). The highest BCUT2D eigenvalue weighted by atomic mass is 32.2. The second-order valence-electron chi connectivity index (χ2n) is 7.86. The molecule has 0 spiro atoms. The number of sulfone groups is 1. The van der Waals surface area contributed by atoms with E-state index in [0.29, 0.717) is 11.5 Å². The summed E-state index contributed by atoms with van der Waals surface area (Å²) in [6.07, 6.45) is 1.86. The summed E-state index contributed by atoms with van der Waals surface area (Å²) in [5.74, 6) is 0.549. The van der Waals surface area contributed by atoms with Gasteiger partial charge in [0.05, 0.1) is 16.0 Å². The zero-order valence-electron chi connectivity index (χ0n) is 17.6. The Balaban J connectivity index is 1.40. The molecule has 2 aromatic carbocycles. The van der Waals surface area contributed by atoms with E-state index in [1.54, 1.807) is 6.07 Å². The summed E-state index contributed by atoms with van der Waals surface area (Å²) in [5, 5.41) is 13.4. The Kier molecular flexibility index (Phi) is 5.80. The molecule has 1 amide bonds. The van der Waals surface area contributed by atoms with Crippen molar-refractivity contribution in [2.75, 3.05) is 11.9 Å². The molecule has 0 unspecified atom stereocenters. The smallest absolute Gasteiger partial charge is 0.269 e. The lowest BCUT2D eigenvalue weighted by Crippen LogP contribution is -2.25. The summed E-state index contributed by atoms with van der Waals surface area (Å²) in [4.78, 5) is 26.3. The molecule has 0 saturated heterocycles. The van der Waals surface area contributed by atoms with Crippen molar-refractivity contribution in [1.82, 2.24) is 4.98 Å². The topological polar surface area (TPSA) is 138 Å². The number of anilines is 1. The quantitative estimate of drug-likeness (QED) is 0.392. The molecule has 3 aromatic rings. The first-order chi connectivity index (χ1) is 15.5. The fourth-order valence-corrected chi connectivity index (χ4v) is 5.75. The Bertz CT molecular complexity index is 1330. The third-order valence-electron chi connectivity index (χ3n) is 4.77. The molecule has 33 heavy (non-hydrogen) atoms. The van der Waals surface area contributed by atoms with Gasteiger partial charge in [-0.05, 0) is 32.0 Å². The second kappa shape index (κ2) is 8.45. The van der Waals surface area contributed by atoms with Gasteiger partial charge in [0.2, 0.25) is 9.84 Å². The van der Waals surface area contributed by atoms with Gasteiger partial charge in [0.1, 0.15) is 9.81 Å². The number of carbonyl (C=O) groups is 1. The molecular formula is C21H19N3O7S2. The van der Waals surface area contributed by atoms with Crippen molar-refractivity contribution in [3.63, 3.8) is 0 Å². The van der Waals surface area contributed by atoms with Crippen molar-refractivity contribution in [3.05, 3.63) is 64.3 Å². The van der Waals surface area contributed by atoms with E-state index in [1.807, 2.05) is 26.0 Å². The zero-order valence-corrected chi connectivity index (χ0v) is 19.2. The Morgan fingerprint density at radius 3 is 2.70 bits per heavy atom. The van der Waals surface area contributed by atoms with Crippen LogP contribution in [0.3, 0.4) is 0 Å². The van der Waals surface area contributed by atoms with Crippen molar-refractivity contribution in [3.8, 4) is 11.5 Å². The van der Waals surface area contributed by atoms with Crippen LogP contribution in [0.4, 0.5) is 10.8 Å². The number of carbonyl (C=O) groups excluding carboxylic acids is 1. The van der Waals surface area contributed by atoms with Crippen LogP contribution in [0, 0.1) is 10.1 Å². The van der Waals surface area contributed by atoms with E-state index in [9.17, 15) is 23.3 Å². The molecule has 4 rings (SSSR count). The van der Waals surface area contributed by atoms with Gasteiger partial charge >= 0.3 is 0 Å². The van der Waals surface area contributed by atoms with Gasteiger partial charge in [-0.1, -0.05) is 23.5 Å². The van der Waals surface area contributed by atoms with Crippen molar-refractivity contribution < 1.29 is 27.6 Å². The van der Waals surface area contributed by atoms with Crippen LogP contribution in [-0.2, 0) is 21.1 Å². The van der Waals surface area contributed by atoms with Crippen LogP contribution in [-0.4, -0.2) is 36.4 Å². The Morgan fingerprint density at radius 1 is 1.27 bits per heavy atom. The molecule has 12 heteroatoms. The summed E-state index contributed by atoms with van der Waals surface area (Å²) < 4.78 is 36.9. The predicted molar refractivity (Wildman–Crippen MR) is 120 cm³/mol. The Hall–Kier alpha value is -3.51. The van der Waals surface area contributed by atoms with Crippen molar-refractivity contribution in [2.45, 2.75) is 35.0 Å². The van der Waals surface area contributed by atoms with Gasteiger partial charge in [0.25, 0.3) is 11.6 Å². The largest absolute Gasteiger partial charge is 0.483 e. The summed E-state index contributed by atoms with van der Waals surface area (Å²) in [5.41, 5.74) is 0.430. The maximum atomic E-state index is 12.7. The number of nitrogens with zero attached hydrogens (tertiary/aromatic N) is 2. The highest BCUT2D eigenvalue weighted by molar-refractivity contribution is 7.93. The van der Waals surface area contributed by atoms with E-state index in [0.717, 1.165) is 53.8 Å². The lowest BCUT2D eigenvalue weighted by molar-refractivity contribution is -0.384. The number of nitro groups is 1. The number of ether oxygens (including phenoxy) is 2. The number of rotatable bonds is 7. The van der Waals surface area contributed by atoms with Crippen LogP contribution in [0.5, 0.6) is 11.5 Å². The number of amides is 1. The predicted octanol–water partition coefficient (Wildman–Crippen LogP) is 3.62. The molecule has 0 atom stereocenters. The number of para-hydroxylation sites is 1. The van der Waals surface area contributed by atoms with Crippen molar-refractivity contribution in [2.24, 2.45) is 0 Å². The molecule has 0 bridgehead atoms. The minimum absolute atomic E-state index is 0.0831. The summed E-state index contributed by atoms with van der Waals surface area (Å²) in [7, 11) is -3.94. The normalized spacial score (nSPS) is 14.2. The third kappa shape index (κ3) is 4.81. The number of aromatic nitrogens is 1. The number of nitrogens with one attached hydrogen (secondary N) is 1. The number of thiazole rings is 1. The number of hydrogen-bond donors (Lipinski definition) is 1. The van der Waals surface area contributed by atoms with Crippen LogP contribution in [0.15, 0.2) is 57.8 Å². The molecule has 1 aromatic heterocycles. The molecule has 1 aliphatic rings. The number of non-ortho nitro benzene ring substituents is 1. The highest BCUT2D eigenvalue weighted by Crippen LogP contribution is 2.41. The van der Waals surface area contributed by atoms with Gasteiger partial charge in [0.15, 0.2) is 23.2 Å². The van der Waals surface area contributed by atoms with E-state index in [-0.39, 0.29) is 32.1 Å².